The summed E-state index contributed by atoms with van der Waals surface area (Å²) in [5, 5.41) is 5.63. The summed E-state index contributed by atoms with van der Waals surface area (Å²) in [6, 6.07) is 33.3. The number of benzene rings is 4. The second-order valence-electron chi connectivity index (χ2n) is 10.9. The van der Waals surface area contributed by atoms with Crippen LogP contribution in [0, 0.1) is 19.8 Å². The summed E-state index contributed by atoms with van der Waals surface area (Å²) in [7, 11) is -2.74. The van der Waals surface area contributed by atoms with Crippen molar-refractivity contribution >= 4 is 56.4 Å². The zero-order valence-electron chi connectivity index (χ0n) is 27.1. The van der Waals surface area contributed by atoms with Gasteiger partial charge in [0.05, 0.1) is 15.8 Å². The molecule has 3 N–H and O–H groups in total. The van der Waals surface area contributed by atoms with Crippen LogP contribution in [0.15, 0.2) is 148 Å². The average molecular weight is 768 g/mol. The molecule has 1 saturated carbocycles. The van der Waals surface area contributed by atoms with Crippen molar-refractivity contribution in [3.05, 3.63) is 156 Å². The Kier molecular flexibility index (Phi) is 18.0. The van der Waals surface area contributed by atoms with E-state index >= 15 is 0 Å². The van der Waals surface area contributed by atoms with E-state index in [1.807, 2.05) is 56.3 Å². The first-order valence-electron chi connectivity index (χ1n) is 15.0. The molecular formula is C36H42BBrN3O4S3. The Morgan fingerprint density at radius 3 is 1.79 bits per heavy atom. The van der Waals surface area contributed by atoms with E-state index in [1.165, 1.54) is 24.1 Å². The van der Waals surface area contributed by atoms with Crippen molar-refractivity contribution < 1.29 is 16.8 Å². The van der Waals surface area contributed by atoms with E-state index in [0.29, 0.717) is 6.42 Å². The molecule has 0 heterocycles. The third kappa shape index (κ3) is 15.0. The van der Waals surface area contributed by atoms with Crippen LogP contribution in [-0.2, 0) is 20.0 Å². The number of nitrogens with zero attached hydrogens (tertiary/aromatic N) is 1. The van der Waals surface area contributed by atoms with Crippen LogP contribution in [0.25, 0.3) is 0 Å². The molecule has 4 aromatic rings. The van der Waals surface area contributed by atoms with Gasteiger partial charge in [0.15, 0.2) is 0 Å². The Morgan fingerprint density at radius 2 is 1.35 bits per heavy atom. The minimum absolute atomic E-state index is 0.156. The molecule has 48 heavy (non-hydrogen) atoms. The first kappa shape index (κ1) is 41.0. The van der Waals surface area contributed by atoms with E-state index < -0.39 is 20.0 Å². The van der Waals surface area contributed by atoms with Crippen LogP contribution in [-0.4, -0.2) is 29.8 Å². The van der Waals surface area contributed by atoms with E-state index in [1.54, 1.807) is 36.4 Å². The standard InChI is InChI=1S/C18H20BrNO2S.C11H12.C7H9NO2S.BHNS/c1-15-10-12-17(13-11-15)23(21,22)20-18(9-5-6-14-19)16-7-3-2-4-8-16;1-2-9-8-11(9)10-6-4-3-5-7-10;1-6-2-4-7(5-3-6)11(8,9)10;1-2-3/h2-8,10-13,18,20H,9,14H2,1H3;2-7,9,11H,1,8H2;2-5H,1H3,(H2,8,9,10);3H/b6-5+;;;/t;9-,11-;;/m.0../s1. The number of nitrogens with two attached hydrogens (primary N) is 1. The van der Waals surface area contributed by atoms with Gasteiger partial charge in [0.1, 0.15) is 0 Å². The molecule has 0 bridgehead atoms. The molecule has 0 amide bonds. The number of hydrogen-bond donors (Lipinski definition) is 3. The second kappa shape index (κ2) is 21.1. The Balaban J connectivity index is 0.000000266. The molecule has 0 saturated heterocycles. The average Bonchev–Trinajstić information content (AvgIpc) is 3.87. The Morgan fingerprint density at radius 1 is 0.875 bits per heavy atom. The third-order valence-corrected chi connectivity index (χ3v) is 9.97. The van der Waals surface area contributed by atoms with Gasteiger partial charge in [0, 0.05) is 5.33 Å². The number of allylic oxidation sites excluding steroid dienone is 2. The van der Waals surface area contributed by atoms with Gasteiger partial charge in [-0.3, -0.25) is 0 Å². The topological polar surface area (TPSA) is 119 Å². The molecule has 0 aromatic heterocycles. The molecule has 5 rings (SSSR count). The van der Waals surface area contributed by atoms with Gasteiger partial charge in [0.25, 0.3) is 0 Å². The zero-order valence-corrected chi connectivity index (χ0v) is 31.2. The van der Waals surface area contributed by atoms with Crippen molar-refractivity contribution in [3.8, 4) is 0 Å². The molecule has 0 spiro atoms. The van der Waals surface area contributed by atoms with Gasteiger partial charge in [-0.05, 0) is 73.9 Å². The molecule has 1 aliphatic carbocycles. The predicted molar refractivity (Wildman–Crippen MR) is 205 cm³/mol. The van der Waals surface area contributed by atoms with Crippen molar-refractivity contribution in [2.45, 2.75) is 48.4 Å². The Hall–Kier alpha value is -3.13. The van der Waals surface area contributed by atoms with Gasteiger partial charge >= 0.3 is 24.8 Å². The molecule has 1 radical (unpaired) electrons. The van der Waals surface area contributed by atoms with Crippen molar-refractivity contribution in [1.29, 1.82) is 0 Å². The van der Waals surface area contributed by atoms with Crippen molar-refractivity contribution in [1.82, 2.24) is 4.72 Å². The SMILES string of the molecule is C=C[C@H]1C[C@@H]1c1ccccc1.Cc1ccc(S(=O)(=O)NC(C/C=C/CBr)c2ccccc2)cc1.Cc1ccc(S(N)(=O)=O)cc1.[B]=NS. The molecule has 3 atom stereocenters. The number of halogens is 1. The second-order valence-corrected chi connectivity index (χ2v) is 15.0. The number of hydrogen-bond acceptors (Lipinski definition) is 6. The molecule has 7 nitrogen and oxygen atoms in total. The molecule has 253 valence electrons. The van der Waals surface area contributed by atoms with Crippen molar-refractivity contribution in [2.75, 3.05) is 5.33 Å². The zero-order chi connectivity index (χ0) is 35.6. The monoisotopic (exact) mass is 766 g/mol. The van der Waals surface area contributed by atoms with Crippen LogP contribution in [0.2, 0.25) is 0 Å². The molecule has 1 fully saturated rings. The van der Waals surface area contributed by atoms with E-state index in [2.05, 4.69) is 88.4 Å². The fourth-order valence-corrected chi connectivity index (χ4v) is 6.51. The minimum atomic E-state index is -3.56. The molecule has 1 unspecified atom stereocenters. The number of rotatable bonds is 10. The number of primary sulfonamides is 1. The summed E-state index contributed by atoms with van der Waals surface area (Å²) in [4.78, 5) is 0.441. The van der Waals surface area contributed by atoms with Crippen LogP contribution >= 0.6 is 28.7 Å². The quantitative estimate of drug-likeness (QED) is 0.0654. The number of aryl methyl sites for hydroxylation is 2. The number of sulfonamides is 2. The van der Waals surface area contributed by atoms with Crippen molar-refractivity contribution in [2.24, 2.45) is 15.4 Å². The van der Waals surface area contributed by atoms with Crippen LogP contribution in [0.5, 0.6) is 0 Å². The summed E-state index contributed by atoms with van der Waals surface area (Å²) < 4.78 is 52.2. The van der Waals surface area contributed by atoms with E-state index in [4.69, 9.17) is 5.14 Å². The summed E-state index contributed by atoms with van der Waals surface area (Å²) in [6.07, 6.45) is 7.91. The molecule has 4 aromatic carbocycles. The predicted octanol–water partition coefficient (Wildman–Crippen LogP) is 8.16. The summed E-state index contributed by atoms with van der Waals surface area (Å²) in [5.74, 6) is 1.52. The normalized spacial score (nSPS) is 15.7. The molecular weight excluding hydrogens is 725 g/mol. The van der Waals surface area contributed by atoms with Crippen LogP contribution in [0.3, 0.4) is 0 Å². The van der Waals surface area contributed by atoms with E-state index in [-0.39, 0.29) is 15.8 Å². The van der Waals surface area contributed by atoms with E-state index in [9.17, 15) is 16.8 Å². The maximum absolute atomic E-state index is 12.6. The van der Waals surface area contributed by atoms with Crippen LogP contribution < -0.4 is 9.86 Å². The van der Waals surface area contributed by atoms with Gasteiger partial charge in [-0.1, -0.05) is 130 Å². The Bertz CT molecular complexity index is 1790. The van der Waals surface area contributed by atoms with Crippen molar-refractivity contribution in [3.63, 3.8) is 0 Å². The molecule has 1 aliphatic rings. The summed E-state index contributed by atoms with van der Waals surface area (Å²) >= 11 is 6.53. The van der Waals surface area contributed by atoms with Gasteiger partial charge in [-0.25, -0.2) is 26.7 Å². The maximum atomic E-state index is 12.6. The van der Waals surface area contributed by atoms with Gasteiger partial charge < -0.3 is 0 Å². The fourth-order valence-electron chi connectivity index (χ4n) is 4.49. The Labute approximate surface area is 301 Å². The van der Waals surface area contributed by atoms with Gasteiger partial charge in [-0.15, -0.1) is 6.58 Å². The van der Waals surface area contributed by atoms with Gasteiger partial charge in [0.2, 0.25) is 20.0 Å². The number of thiol groups is 1. The van der Waals surface area contributed by atoms with E-state index in [0.717, 1.165) is 33.9 Å². The van der Waals surface area contributed by atoms with Crippen LogP contribution in [0.1, 0.15) is 47.1 Å². The number of nitrogens with one attached hydrogen (secondary N) is 1. The first-order valence-corrected chi connectivity index (χ1v) is 19.6. The van der Waals surface area contributed by atoms with Gasteiger partial charge in [-0.2, -0.15) is 0 Å². The third-order valence-electron chi connectivity index (χ3n) is 7.18. The molecule has 12 heteroatoms. The summed E-state index contributed by atoms with van der Waals surface area (Å²) in [6.45, 7) is 7.61. The molecule has 0 aliphatic heterocycles. The first-order chi connectivity index (χ1) is 22.9. The van der Waals surface area contributed by atoms with Crippen LogP contribution in [0.4, 0.5) is 0 Å². The number of alkyl halides is 1. The fraction of sp³-hybridized carbons (Fsp3) is 0.222. The summed E-state index contributed by atoms with van der Waals surface area (Å²) in [5.41, 5.74) is 4.46.